The fourth-order valence-corrected chi connectivity index (χ4v) is 6.25. The lowest BCUT2D eigenvalue weighted by Crippen LogP contribution is -2.46. The highest BCUT2D eigenvalue weighted by atomic mass is 32.2. The van der Waals surface area contributed by atoms with E-state index in [1.165, 1.54) is 28.7 Å². The number of nitrogens with zero attached hydrogens (tertiary/aromatic N) is 6. The molecule has 1 saturated heterocycles. The van der Waals surface area contributed by atoms with E-state index < -0.39 is 31.5 Å². The highest BCUT2D eigenvalue weighted by molar-refractivity contribution is 7.89. The minimum absolute atomic E-state index is 0.0177. The number of hydrazone groups is 1. The van der Waals surface area contributed by atoms with Crippen LogP contribution < -0.4 is 10.3 Å². The molecule has 1 aliphatic rings. The van der Waals surface area contributed by atoms with Crippen LogP contribution in [0.2, 0.25) is 0 Å². The van der Waals surface area contributed by atoms with Gasteiger partial charge in [-0.2, -0.15) is 9.41 Å². The molecule has 0 radical (unpaired) electrons. The molecule has 15 heteroatoms. The van der Waals surface area contributed by atoms with Crippen molar-refractivity contribution in [1.82, 2.24) is 9.21 Å². The second-order valence-electron chi connectivity index (χ2n) is 9.41. The number of hydrogen-bond donors (Lipinski definition) is 1. The van der Waals surface area contributed by atoms with E-state index in [1.54, 1.807) is 30.0 Å². The van der Waals surface area contributed by atoms with E-state index in [1.807, 2.05) is 13.8 Å². The Hall–Kier alpha value is -4.11. The minimum atomic E-state index is -4.26. The van der Waals surface area contributed by atoms with Crippen LogP contribution in [0.5, 0.6) is 0 Å². The number of benzene rings is 2. The smallest absolute Gasteiger partial charge is 0.270 e. The van der Waals surface area contributed by atoms with Crippen molar-refractivity contribution in [3.05, 3.63) is 62.2 Å². The number of anilines is 2. The molecule has 40 heavy (non-hydrogen) atoms. The van der Waals surface area contributed by atoms with E-state index in [9.17, 15) is 33.4 Å². The van der Waals surface area contributed by atoms with Crippen molar-refractivity contribution < 1.29 is 23.1 Å². The number of non-ortho nitro benzene ring substituents is 2. The van der Waals surface area contributed by atoms with Gasteiger partial charge in [0, 0.05) is 75.8 Å². The molecule has 0 saturated carbocycles. The van der Waals surface area contributed by atoms with Crippen molar-refractivity contribution in [2.75, 3.05) is 50.6 Å². The molecule has 0 aliphatic carbocycles. The number of carbonyl (C=O) groups excluding carboxylic acids is 1. The molecule has 2 aromatic carbocycles. The quantitative estimate of drug-likeness (QED) is 0.240. The lowest BCUT2D eigenvalue weighted by molar-refractivity contribution is -0.385. The molecule has 1 aliphatic heterocycles. The van der Waals surface area contributed by atoms with Gasteiger partial charge in [0.05, 0.1) is 27.7 Å². The van der Waals surface area contributed by atoms with Crippen molar-refractivity contribution in [3.8, 4) is 0 Å². The standard InChI is InChI=1S/C25H33N7O7S/c1-5-29(6-2)25(33)18-8-7-13-30(17-18)40(38,39)24-15-21(32(36)37)9-11-22(24)27-26-16-19-14-20(31(34)35)10-12-23(19)28(3)4/h9-12,14-16,18,27H,5-8,13,17H2,1-4H3/b26-16-/t18-/m1/s1. The van der Waals surface area contributed by atoms with Crippen LogP contribution in [0.25, 0.3) is 0 Å². The Labute approximate surface area is 232 Å². The van der Waals surface area contributed by atoms with E-state index >= 15 is 0 Å². The van der Waals surface area contributed by atoms with Crippen LogP contribution in [0.3, 0.4) is 0 Å². The second-order valence-corrected chi connectivity index (χ2v) is 11.3. The van der Waals surface area contributed by atoms with Gasteiger partial charge in [0.2, 0.25) is 15.9 Å². The molecular weight excluding hydrogens is 542 g/mol. The van der Waals surface area contributed by atoms with Gasteiger partial charge in [-0.05, 0) is 38.8 Å². The number of rotatable bonds is 11. The van der Waals surface area contributed by atoms with Crippen LogP contribution in [0.1, 0.15) is 32.3 Å². The fourth-order valence-electron chi connectivity index (χ4n) is 4.56. The third-order valence-electron chi connectivity index (χ3n) is 6.69. The molecule has 1 N–H and O–H groups in total. The number of amides is 1. The predicted molar refractivity (Wildman–Crippen MR) is 151 cm³/mol. The first-order valence-electron chi connectivity index (χ1n) is 12.7. The summed E-state index contributed by atoms with van der Waals surface area (Å²) in [5.74, 6) is -0.643. The Balaban J connectivity index is 1.96. The normalized spacial score (nSPS) is 16.1. The second kappa shape index (κ2) is 12.8. The van der Waals surface area contributed by atoms with Gasteiger partial charge >= 0.3 is 0 Å². The predicted octanol–water partition coefficient (Wildman–Crippen LogP) is 3.28. The van der Waals surface area contributed by atoms with Crippen LogP contribution >= 0.6 is 0 Å². The first kappa shape index (κ1) is 30.4. The van der Waals surface area contributed by atoms with Gasteiger partial charge in [-0.3, -0.25) is 30.4 Å². The maximum Gasteiger partial charge on any atom is 0.270 e. The van der Waals surface area contributed by atoms with E-state index in [2.05, 4.69) is 10.5 Å². The maximum absolute atomic E-state index is 13.8. The number of nitro groups is 2. The van der Waals surface area contributed by atoms with Gasteiger partial charge < -0.3 is 9.80 Å². The molecule has 0 aromatic heterocycles. The number of hydrogen-bond acceptors (Lipinski definition) is 10. The fraction of sp³-hybridized carbons (Fsp3) is 0.440. The molecule has 216 valence electrons. The number of nitrogens with one attached hydrogen (secondary N) is 1. The maximum atomic E-state index is 13.8. The van der Waals surface area contributed by atoms with Crippen LogP contribution in [-0.4, -0.2) is 79.9 Å². The summed E-state index contributed by atoms with van der Waals surface area (Å²) < 4.78 is 28.7. The van der Waals surface area contributed by atoms with Gasteiger partial charge in [-0.1, -0.05) is 0 Å². The van der Waals surface area contributed by atoms with Crippen LogP contribution in [-0.2, 0) is 14.8 Å². The van der Waals surface area contributed by atoms with Gasteiger partial charge in [-0.15, -0.1) is 0 Å². The van der Waals surface area contributed by atoms with Gasteiger partial charge in [0.1, 0.15) is 4.90 Å². The highest BCUT2D eigenvalue weighted by Gasteiger charge is 2.36. The average molecular weight is 576 g/mol. The minimum Gasteiger partial charge on any atom is -0.377 e. The molecule has 14 nitrogen and oxygen atoms in total. The summed E-state index contributed by atoms with van der Waals surface area (Å²) in [5, 5.41) is 26.8. The highest BCUT2D eigenvalue weighted by Crippen LogP contribution is 2.32. The molecular formula is C25H33N7O7S. The third kappa shape index (κ3) is 6.71. The Kier molecular flexibility index (Phi) is 9.76. The number of piperidine rings is 1. The van der Waals surface area contributed by atoms with Gasteiger partial charge in [0.25, 0.3) is 11.4 Å². The van der Waals surface area contributed by atoms with Gasteiger partial charge in [0.15, 0.2) is 0 Å². The molecule has 1 heterocycles. The van der Waals surface area contributed by atoms with Crippen molar-refractivity contribution in [2.45, 2.75) is 31.6 Å². The van der Waals surface area contributed by atoms with Crippen LogP contribution in [0.15, 0.2) is 46.4 Å². The number of carbonyl (C=O) groups is 1. The summed E-state index contributed by atoms with van der Waals surface area (Å²) in [6.45, 7) is 4.86. The van der Waals surface area contributed by atoms with Gasteiger partial charge in [-0.25, -0.2) is 8.42 Å². The summed E-state index contributed by atoms with van der Waals surface area (Å²) in [4.78, 5) is 37.5. The zero-order valence-corrected chi connectivity index (χ0v) is 23.6. The van der Waals surface area contributed by atoms with E-state index in [4.69, 9.17) is 0 Å². The summed E-state index contributed by atoms with van der Waals surface area (Å²) >= 11 is 0. The Morgan fingerprint density at radius 3 is 2.33 bits per heavy atom. The zero-order valence-electron chi connectivity index (χ0n) is 22.8. The van der Waals surface area contributed by atoms with E-state index in [0.29, 0.717) is 37.2 Å². The zero-order chi connectivity index (χ0) is 29.6. The Morgan fingerprint density at radius 2 is 1.73 bits per heavy atom. The molecule has 1 atom stereocenters. The molecule has 0 unspecified atom stereocenters. The molecule has 2 aromatic rings. The number of sulfonamides is 1. The van der Waals surface area contributed by atoms with Crippen LogP contribution in [0.4, 0.5) is 22.7 Å². The lowest BCUT2D eigenvalue weighted by Gasteiger charge is -2.34. The third-order valence-corrected chi connectivity index (χ3v) is 8.60. The average Bonchev–Trinajstić information content (AvgIpc) is 2.93. The summed E-state index contributed by atoms with van der Waals surface area (Å²) in [5.41, 5.74) is 3.07. The summed E-state index contributed by atoms with van der Waals surface area (Å²) in [6, 6.07) is 7.60. The molecule has 0 spiro atoms. The van der Waals surface area contributed by atoms with Crippen LogP contribution in [0, 0.1) is 26.1 Å². The SMILES string of the molecule is CCN(CC)C(=O)[C@@H]1CCCN(S(=O)(=O)c2cc([N+](=O)[O-])ccc2N/N=C\c2cc([N+](=O)[O-])ccc2N(C)C)C1. The summed E-state index contributed by atoms with van der Waals surface area (Å²) in [6.07, 6.45) is 2.32. The summed E-state index contributed by atoms with van der Waals surface area (Å²) in [7, 11) is -0.757. The van der Waals surface area contributed by atoms with Crippen molar-refractivity contribution in [2.24, 2.45) is 11.0 Å². The monoisotopic (exact) mass is 575 g/mol. The first-order valence-corrected chi connectivity index (χ1v) is 14.2. The van der Waals surface area contributed by atoms with Crippen molar-refractivity contribution in [3.63, 3.8) is 0 Å². The van der Waals surface area contributed by atoms with Crippen molar-refractivity contribution in [1.29, 1.82) is 0 Å². The van der Waals surface area contributed by atoms with Crippen molar-refractivity contribution >= 4 is 44.9 Å². The molecule has 1 amide bonds. The topological polar surface area (TPSA) is 172 Å². The number of nitro benzene ring substituents is 2. The lowest BCUT2D eigenvalue weighted by atomic mass is 9.98. The first-order chi connectivity index (χ1) is 18.9. The largest absolute Gasteiger partial charge is 0.377 e. The Morgan fingerprint density at radius 1 is 1.10 bits per heavy atom. The Bertz CT molecular complexity index is 1410. The van der Waals surface area contributed by atoms with E-state index in [0.717, 1.165) is 12.1 Å². The van der Waals surface area contributed by atoms with E-state index in [-0.39, 0.29) is 35.3 Å². The molecule has 1 fully saturated rings. The molecule has 3 rings (SSSR count). The molecule has 0 bridgehead atoms.